The lowest BCUT2D eigenvalue weighted by Crippen LogP contribution is -2.81. The fourth-order valence-electron chi connectivity index (χ4n) is 8.91. The van der Waals surface area contributed by atoms with E-state index in [1.54, 1.807) is 69.3 Å². The maximum atomic E-state index is 15.5. The predicted octanol–water partition coefficient (Wildman–Crippen LogP) is 4.22. The first-order valence-corrected chi connectivity index (χ1v) is 17.3. The molecule has 0 amide bonds. The Hall–Kier alpha value is -4.59. The molecule has 0 radical (unpaired) electrons. The predicted molar refractivity (Wildman–Crippen MR) is 180 cm³/mol. The molecule has 2 saturated carbocycles. The molecular formula is C39H44O13. The minimum absolute atomic E-state index is 0.105. The number of ether oxygens (including phenoxy) is 6. The van der Waals surface area contributed by atoms with Gasteiger partial charge in [-0.3, -0.25) is 14.4 Å². The van der Waals surface area contributed by atoms with Crippen LogP contribution in [0.3, 0.4) is 0 Å². The largest absolute Gasteiger partial charge is 0.508 e. The molecular weight excluding hydrogens is 676 g/mol. The molecule has 2 unspecified atom stereocenters. The molecule has 2 aromatic carbocycles. The number of Topliss-reactive ketones (excluding diaryl/α,β-unsaturated/α-hetero) is 1. The van der Waals surface area contributed by atoms with Crippen LogP contribution in [0.5, 0.6) is 0 Å². The van der Waals surface area contributed by atoms with E-state index in [9.17, 15) is 29.4 Å². The number of benzene rings is 2. The number of carbonyl (C=O) groups excluding carboxylic acids is 5. The van der Waals surface area contributed by atoms with Gasteiger partial charge in [0, 0.05) is 38.0 Å². The van der Waals surface area contributed by atoms with Gasteiger partial charge >= 0.3 is 24.1 Å². The van der Waals surface area contributed by atoms with Crippen LogP contribution in [-0.2, 0) is 49.4 Å². The molecule has 2 aromatic rings. The summed E-state index contributed by atoms with van der Waals surface area (Å²) in [5.74, 6) is -6.11. The molecule has 2 bridgehead atoms. The van der Waals surface area contributed by atoms with Crippen LogP contribution < -0.4 is 0 Å². The third-order valence-corrected chi connectivity index (χ3v) is 11.6. The lowest BCUT2D eigenvalue weighted by Gasteiger charge is -2.67. The van der Waals surface area contributed by atoms with Crippen molar-refractivity contribution in [1.82, 2.24) is 0 Å². The summed E-state index contributed by atoms with van der Waals surface area (Å²) >= 11 is 0. The summed E-state index contributed by atoms with van der Waals surface area (Å²) in [6.07, 6.45) is -7.13. The van der Waals surface area contributed by atoms with E-state index in [0.717, 1.165) is 6.92 Å². The molecule has 0 spiro atoms. The van der Waals surface area contributed by atoms with Crippen molar-refractivity contribution in [3.05, 3.63) is 83.1 Å². The van der Waals surface area contributed by atoms with Gasteiger partial charge in [-0.2, -0.15) is 0 Å². The van der Waals surface area contributed by atoms with E-state index in [1.807, 2.05) is 0 Å². The molecule has 278 valence electrons. The molecule has 3 fully saturated rings. The maximum absolute atomic E-state index is 15.5. The van der Waals surface area contributed by atoms with Crippen LogP contribution in [0.1, 0.15) is 70.3 Å². The summed E-state index contributed by atoms with van der Waals surface area (Å²) in [6, 6.07) is 16.8. The van der Waals surface area contributed by atoms with Crippen molar-refractivity contribution >= 4 is 29.8 Å². The van der Waals surface area contributed by atoms with Crippen molar-refractivity contribution in [1.29, 1.82) is 0 Å². The lowest BCUT2D eigenvalue weighted by atomic mass is 9.45. The van der Waals surface area contributed by atoms with Gasteiger partial charge in [0.2, 0.25) is 5.78 Å². The minimum atomic E-state index is -2.21. The molecule has 4 aliphatic rings. The topological polar surface area (TPSA) is 181 Å². The van der Waals surface area contributed by atoms with Gasteiger partial charge in [0.25, 0.3) is 0 Å². The van der Waals surface area contributed by atoms with Gasteiger partial charge < -0.3 is 38.6 Å². The standard InChI is InChI=1S/C39H44O13/c1-21-26(42)18-39(46)33(51-34(44)25-15-11-8-12-16-25)31-37(6,32(43)30(49-22(2)40)29(21)36(39,4)5)27(17-28-38(31,20-48-28)52-23(3)41)50-35(45)47-19-24-13-9-7-10-14-24/h7-16,21,26-28,31,33,42,46H,17-20H2,1-6H3/t21?,26?,27-,28+,31-,33-,37+,38-,39+/m0/s1. The Morgan fingerprint density at radius 1 is 0.923 bits per heavy atom. The van der Waals surface area contributed by atoms with Crippen LogP contribution in [0.25, 0.3) is 0 Å². The van der Waals surface area contributed by atoms with Crippen molar-refractivity contribution in [3.63, 3.8) is 0 Å². The van der Waals surface area contributed by atoms with Gasteiger partial charge in [-0.15, -0.1) is 0 Å². The fourth-order valence-corrected chi connectivity index (χ4v) is 8.91. The van der Waals surface area contributed by atoms with Crippen LogP contribution in [0.15, 0.2) is 72.0 Å². The van der Waals surface area contributed by atoms with E-state index >= 15 is 4.79 Å². The van der Waals surface area contributed by atoms with Crippen molar-refractivity contribution < 1.29 is 62.6 Å². The summed E-state index contributed by atoms with van der Waals surface area (Å²) in [6.45, 7) is 8.16. The van der Waals surface area contributed by atoms with Crippen LogP contribution in [0, 0.1) is 22.7 Å². The number of carbonyl (C=O) groups is 5. The zero-order valence-corrected chi connectivity index (χ0v) is 30.0. The Morgan fingerprint density at radius 2 is 1.56 bits per heavy atom. The zero-order chi connectivity index (χ0) is 37.8. The zero-order valence-electron chi connectivity index (χ0n) is 30.0. The maximum Gasteiger partial charge on any atom is 0.508 e. The summed E-state index contributed by atoms with van der Waals surface area (Å²) < 4.78 is 35.5. The van der Waals surface area contributed by atoms with E-state index in [-0.39, 0.29) is 37.2 Å². The molecule has 2 N–H and O–H groups in total. The second-order valence-electron chi connectivity index (χ2n) is 14.9. The van der Waals surface area contributed by atoms with Crippen molar-refractivity contribution in [2.75, 3.05) is 6.61 Å². The number of aliphatic hydroxyl groups is 2. The summed E-state index contributed by atoms with van der Waals surface area (Å²) in [4.78, 5) is 68.6. The first kappa shape index (κ1) is 37.2. The molecule has 1 aliphatic heterocycles. The fraction of sp³-hybridized carbons (Fsp3) is 0.513. The molecule has 1 saturated heterocycles. The Kier molecular flexibility index (Phi) is 9.60. The third kappa shape index (κ3) is 5.88. The van der Waals surface area contributed by atoms with Crippen molar-refractivity contribution in [2.45, 2.75) is 96.6 Å². The molecule has 13 nitrogen and oxygen atoms in total. The first-order chi connectivity index (χ1) is 24.5. The Bertz CT molecular complexity index is 1790. The number of esters is 3. The van der Waals surface area contributed by atoms with E-state index in [2.05, 4.69) is 0 Å². The van der Waals surface area contributed by atoms with Crippen LogP contribution in [-0.4, -0.2) is 82.3 Å². The van der Waals surface area contributed by atoms with Crippen molar-refractivity contribution in [3.8, 4) is 0 Å². The average molecular weight is 721 g/mol. The summed E-state index contributed by atoms with van der Waals surface area (Å²) in [5.41, 5.74) is -6.58. The third-order valence-electron chi connectivity index (χ3n) is 11.6. The monoisotopic (exact) mass is 720 g/mol. The number of allylic oxidation sites excluding steroid dienone is 1. The SMILES string of the molecule is CC(=O)OC1=C2C(C)C(O)C[C@@](O)([C@@H](OC(=O)c3ccccc3)[C@@H]3[C@]4(OC(C)=O)CO[C@@H]4C[C@H](OC(=O)OCc4ccccc4)[C@@]3(C)C1=O)C2(C)C. The number of ketones is 1. The number of aliphatic hydroxyl groups excluding tert-OH is 1. The van der Waals surface area contributed by atoms with E-state index in [4.69, 9.17) is 28.4 Å². The van der Waals surface area contributed by atoms with Gasteiger partial charge in [0.1, 0.15) is 30.5 Å². The second-order valence-corrected chi connectivity index (χ2v) is 14.9. The second kappa shape index (κ2) is 13.4. The first-order valence-electron chi connectivity index (χ1n) is 17.3. The Balaban J connectivity index is 1.60. The van der Waals surface area contributed by atoms with Crippen LogP contribution in [0.4, 0.5) is 4.79 Å². The quantitative estimate of drug-likeness (QED) is 0.307. The number of fused-ring (bicyclic) bond motifs is 5. The van der Waals surface area contributed by atoms with E-state index in [1.165, 1.54) is 26.0 Å². The average Bonchev–Trinajstić information content (AvgIpc) is 3.09. The Morgan fingerprint density at radius 3 is 2.13 bits per heavy atom. The normalized spacial score (nSPS) is 34.6. The highest BCUT2D eigenvalue weighted by Crippen LogP contribution is 2.65. The molecule has 52 heavy (non-hydrogen) atoms. The Labute approximate surface area is 301 Å². The smallest absolute Gasteiger partial charge is 0.455 e. The lowest BCUT2D eigenvalue weighted by molar-refractivity contribution is -0.345. The molecule has 13 heteroatoms. The highest BCUT2D eigenvalue weighted by Gasteiger charge is 2.78. The molecule has 6 rings (SSSR count). The highest BCUT2D eigenvalue weighted by atomic mass is 16.7. The summed E-state index contributed by atoms with van der Waals surface area (Å²) in [7, 11) is 0. The van der Waals surface area contributed by atoms with Crippen molar-refractivity contribution in [2.24, 2.45) is 22.7 Å². The highest BCUT2D eigenvalue weighted by molar-refractivity contribution is 6.02. The van der Waals surface area contributed by atoms with Gasteiger partial charge in [-0.1, -0.05) is 69.3 Å². The van der Waals surface area contributed by atoms with Crippen LogP contribution >= 0.6 is 0 Å². The van der Waals surface area contributed by atoms with E-state index in [0.29, 0.717) is 5.56 Å². The number of rotatable bonds is 7. The van der Waals surface area contributed by atoms with Gasteiger partial charge in [-0.05, 0) is 30.2 Å². The van der Waals surface area contributed by atoms with Gasteiger partial charge in [0.15, 0.2) is 11.4 Å². The van der Waals surface area contributed by atoms with E-state index < -0.39 is 93.9 Å². The summed E-state index contributed by atoms with van der Waals surface area (Å²) in [5, 5.41) is 24.7. The molecule has 1 heterocycles. The van der Waals surface area contributed by atoms with Gasteiger partial charge in [-0.25, -0.2) is 9.59 Å². The number of hydrogen-bond donors (Lipinski definition) is 2. The minimum Gasteiger partial charge on any atom is -0.455 e. The molecule has 0 aromatic heterocycles. The van der Waals surface area contributed by atoms with Gasteiger partial charge in [0.05, 0.1) is 29.6 Å². The molecule has 9 atom stereocenters. The molecule has 3 aliphatic carbocycles. The van der Waals surface area contributed by atoms with Crippen LogP contribution in [0.2, 0.25) is 0 Å². The number of hydrogen-bond acceptors (Lipinski definition) is 13.